The number of fused-ring (bicyclic) bond motifs is 1. The number of aliphatic hydroxyl groups excluding tert-OH is 2. The number of aliphatic hydroxyl groups is 2. The minimum absolute atomic E-state index is 0.0837. The molecule has 0 bridgehead atoms. The molecule has 4 rings (SSSR count). The van der Waals surface area contributed by atoms with Crippen LogP contribution in [0.5, 0.6) is 5.75 Å². The van der Waals surface area contributed by atoms with Gasteiger partial charge in [-0.3, -0.25) is 0 Å². The standard InChI is InChI=1S/C26H30O4/c1-26(2,20-11-17-7-5-4-6-8-18(17)12-20)23-13-19(9-10-24(23)29-3)25-15-21(28)14-22(16-27)30-25/h4-13,21-22,25,27-28H,14-16H2,1-3H3. The van der Waals surface area contributed by atoms with Crippen LogP contribution in [0.1, 0.15) is 49.5 Å². The van der Waals surface area contributed by atoms with Gasteiger partial charge in [0.05, 0.1) is 32.0 Å². The van der Waals surface area contributed by atoms with Crippen molar-refractivity contribution in [2.75, 3.05) is 13.7 Å². The molecule has 1 aromatic carbocycles. The van der Waals surface area contributed by atoms with E-state index in [0.29, 0.717) is 12.8 Å². The molecule has 2 N–H and O–H groups in total. The van der Waals surface area contributed by atoms with Crippen LogP contribution in [0.4, 0.5) is 0 Å². The highest BCUT2D eigenvalue weighted by Crippen LogP contribution is 2.43. The Kier molecular flexibility index (Phi) is 5.83. The highest BCUT2D eigenvalue weighted by atomic mass is 16.5. The van der Waals surface area contributed by atoms with Crippen molar-refractivity contribution >= 4 is 0 Å². The Morgan fingerprint density at radius 1 is 1.00 bits per heavy atom. The van der Waals surface area contributed by atoms with Crippen LogP contribution in [0, 0.1) is 0 Å². The number of rotatable bonds is 5. The first-order chi connectivity index (χ1) is 14.4. The van der Waals surface area contributed by atoms with Crippen molar-refractivity contribution in [2.24, 2.45) is 0 Å². The second kappa shape index (κ2) is 8.38. The summed E-state index contributed by atoms with van der Waals surface area (Å²) in [5.74, 6) is 0.828. The summed E-state index contributed by atoms with van der Waals surface area (Å²) in [5.41, 5.74) is 5.43. The summed E-state index contributed by atoms with van der Waals surface area (Å²) in [6, 6.07) is 21.0. The summed E-state index contributed by atoms with van der Waals surface area (Å²) < 4.78 is 11.8. The van der Waals surface area contributed by atoms with Gasteiger partial charge in [0.2, 0.25) is 0 Å². The normalized spacial score (nSPS) is 22.2. The van der Waals surface area contributed by atoms with E-state index < -0.39 is 6.10 Å². The van der Waals surface area contributed by atoms with Crippen molar-refractivity contribution in [3.05, 3.63) is 77.4 Å². The number of methoxy groups -OCH3 is 1. The molecule has 4 heteroatoms. The molecule has 158 valence electrons. The van der Waals surface area contributed by atoms with Crippen LogP contribution in [0.3, 0.4) is 0 Å². The van der Waals surface area contributed by atoms with Crippen molar-refractivity contribution in [3.63, 3.8) is 0 Å². The average Bonchev–Trinajstić information content (AvgIpc) is 3.04. The molecule has 0 amide bonds. The molecule has 1 aromatic rings. The van der Waals surface area contributed by atoms with E-state index in [1.807, 2.05) is 18.2 Å². The van der Waals surface area contributed by atoms with Crippen LogP contribution in [-0.2, 0) is 10.2 Å². The van der Waals surface area contributed by atoms with E-state index in [-0.39, 0.29) is 24.2 Å². The number of hydrogen-bond acceptors (Lipinski definition) is 4. The molecule has 0 spiro atoms. The Labute approximate surface area is 178 Å². The fourth-order valence-electron chi connectivity index (χ4n) is 4.47. The van der Waals surface area contributed by atoms with E-state index in [0.717, 1.165) is 16.9 Å². The molecule has 30 heavy (non-hydrogen) atoms. The number of ether oxygens (including phenoxy) is 2. The van der Waals surface area contributed by atoms with Crippen LogP contribution < -0.4 is 4.74 Å². The topological polar surface area (TPSA) is 58.9 Å². The molecule has 1 aliphatic heterocycles. The number of benzene rings is 1. The van der Waals surface area contributed by atoms with Gasteiger partial charge in [-0.2, -0.15) is 0 Å². The molecule has 3 aliphatic rings. The summed E-state index contributed by atoms with van der Waals surface area (Å²) in [6.45, 7) is 4.32. The van der Waals surface area contributed by atoms with Crippen molar-refractivity contribution in [1.29, 1.82) is 0 Å². The Hall–Kier alpha value is -2.40. The molecule has 0 radical (unpaired) electrons. The molecule has 3 unspecified atom stereocenters. The summed E-state index contributed by atoms with van der Waals surface area (Å²) in [4.78, 5) is 0. The zero-order chi connectivity index (χ0) is 21.3. The molecule has 2 aliphatic carbocycles. The van der Waals surface area contributed by atoms with Gasteiger partial charge in [0.1, 0.15) is 5.75 Å². The molecule has 1 saturated heterocycles. The van der Waals surface area contributed by atoms with Gasteiger partial charge in [-0.15, -0.1) is 0 Å². The molecular weight excluding hydrogens is 376 g/mol. The summed E-state index contributed by atoms with van der Waals surface area (Å²) in [5, 5.41) is 19.8. The maximum Gasteiger partial charge on any atom is 0.122 e. The maximum atomic E-state index is 10.2. The van der Waals surface area contributed by atoms with Crippen LogP contribution >= 0.6 is 0 Å². The van der Waals surface area contributed by atoms with Crippen molar-refractivity contribution in [1.82, 2.24) is 0 Å². The first-order valence-corrected chi connectivity index (χ1v) is 10.5. The van der Waals surface area contributed by atoms with Crippen LogP contribution in [0.15, 0.2) is 60.7 Å². The fourth-order valence-corrected chi connectivity index (χ4v) is 4.47. The van der Waals surface area contributed by atoms with Crippen LogP contribution in [0.25, 0.3) is 11.1 Å². The third-order valence-corrected chi connectivity index (χ3v) is 6.30. The molecule has 3 atom stereocenters. The van der Waals surface area contributed by atoms with E-state index in [2.05, 4.69) is 56.3 Å². The molecule has 1 fully saturated rings. The van der Waals surface area contributed by atoms with Crippen molar-refractivity contribution in [2.45, 2.75) is 50.4 Å². The van der Waals surface area contributed by atoms with E-state index in [9.17, 15) is 10.2 Å². The summed E-state index contributed by atoms with van der Waals surface area (Å²) >= 11 is 0. The lowest BCUT2D eigenvalue weighted by Gasteiger charge is -2.34. The van der Waals surface area contributed by atoms with Gasteiger partial charge in [0, 0.05) is 23.8 Å². The second-order valence-electron chi connectivity index (χ2n) is 8.70. The lowest BCUT2D eigenvalue weighted by Crippen LogP contribution is -2.33. The fraction of sp³-hybridized carbons (Fsp3) is 0.385. The van der Waals surface area contributed by atoms with Crippen molar-refractivity contribution in [3.8, 4) is 16.9 Å². The second-order valence-corrected chi connectivity index (χ2v) is 8.70. The van der Waals surface area contributed by atoms with E-state index in [1.54, 1.807) is 7.11 Å². The lowest BCUT2D eigenvalue weighted by atomic mass is 9.77. The quantitative estimate of drug-likeness (QED) is 0.645. The van der Waals surface area contributed by atoms with Crippen LogP contribution in [-0.4, -0.2) is 36.1 Å². The first-order valence-electron chi connectivity index (χ1n) is 10.5. The van der Waals surface area contributed by atoms with Crippen LogP contribution in [0.2, 0.25) is 0 Å². The van der Waals surface area contributed by atoms with Gasteiger partial charge in [0.25, 0.3) is 0 Å². The Morgan fingerprint density at radius 3 is 2.33 bits per heavy atom. The monoisotopic (exact) mass is 406 g/mol. The Morgan fingerprint density at radius 2 is 1.70 bits per heavy atom. The third kappa shape index (κ3) is 3.95. The predicted octanol–water partition coefficient (Wildman–Crippen LogP) is 4.70. The third-order valence-electron chi connectivity index (χ3n) is 6.30. The molecule has 4 nitrogen and oxygen atoms in total. The van der Waals surface area contributed by atoms with E-state index >= 15 is 0 Å². The zero-order valence-corrected chi connectivity index (χ0v) is 17.8. The van der Waals surface area contributed by atoms with Gasteiger partial charge in [-0.25, -0.2) is 0 Å². The molecule has 1 heterocycles. The summed E-state index contributed by atoms with van der Waals surface area (Å²) in [7, 11) is 1.69. The lowest BCUT2D eigenvalue weighted by molar-refractivity contribution is -0.113. The van der Waals surface area contributed by atoms with Gasteiger partial charge in [0.15, 0.2) is 0 Å². The average molecular weight is 407 g/mol. The SMILES string of the molecule is COc1ccc(C2CC(O)CC(CO)O2)cc1C(C)(C)c1cc2cccccc-2c1. The maximum absolute atomic E-state index is 10.2. The zero-order valence-electron chi connectivity index (χ0n) is 17.8. The van der Waals surface area contributed by atoms with Gasteiger partial charge < -0.3 is 19.7 Å². The van der Waals surface area contributed by atoms with Gasteiger partial charge in [-0.05, 0) is 34.4 Å². The first kappa shape index (κ1) is 20.9. The highest BCUT2D eigenvalue weighted by molar-refractivity contribution is 5.70. The Bertz CT molecular complexity index is 950. The summed E-state index contributed by atoms with van der Waals surface area (Å²) in [6.07, 6.45) is -0.0541. The highest BCUT2D eigenvalue weighted by Gasteiger charge is 2.32. The van der Waals surface area contributed by atoms with E-state index in [4.69, 9.17) is 9.47 Å². The smallest absolute Gasteiger partial charge is 0.122 e. The molecule has 0 aromatic heterocycles. The van der Waals surface area contributed by atoms with E-state index in [1.165, 1.54) is 16.7 Å². The predicted molar refractivity (Wildman–Crippen MR) is 118 cm³/mol. The van der Waals surface area contributed by atoms with Crippen molar-refractivity contribution < 1.29 is 19.7 Å². The molecule has 0 saturated carbocycles. The minimum Gasteiger partial charge on any atom is -0.496 e. The molecular formula is C26H30O4. The minimum atomic E-state index is -0.472. The van der Waals surface area contributed by atoms with Gasteiger partial charge in [-0.1, -0.05) is 62.4 Å². The Balaban J connectivity index is 1.75. The number of hydrogen-bond donors (Lipinski definition) is 2. The van der Waals surface area contributed by atoms with Gasteiger partial charge >= 0.3 is 0 Å². The largest absolute Gasteiger partial charge is 0.496 e.